The Labute approximate surface area is 192 Å². The number of likely N-dealkylation sites (tertiary alicyclic amines) is 1. The van der Waals surface area contributed by atoms with Gasteiger partial charge in [-0.05, 0) is 44.0 Å². The number of nitrogens with zero attached hydrogens (tertiary/aromatic N) is 4. The Bertz CT molecular complexity index is 1150. The van der Waals surface area contributed by atoms with Crippen molar-refractivity contribution in [1.29, 1.82) is 0 Å². The minimum absolute atomic E-state index is 0.0632. The monoisotopic (exact) mass is 449 g/mol. The van der Waals surface area contributed by atoms with Gasteiger partial charge in [0.2, 0.25) is 5.91 Å². The average Bonchev–Trinajstić information content (AvgIpc) is 3.25. The fourth-order valence-corrected chi connectivity index (χ4v) is 3.99. The van der Waals surface area contributed by atoms with Gasteiger partial charge in [0, 0.05) is 25.1 Å². The van der Waals surface area contributed by atoms with Crippen LogP contribution >= 0.6 is 0 Å². The Balaban J connectivity index is 1.39. The SMILES string of the molecule is COc1cccc(-n2nnc(C(=O)N3CCC(C(=O)Nc4ccccc4OC)CC3)c2C)c1. The maximum absolute atomic E-state index is 13.1. The highest BCUT2D eigenvalue weighted by atomic mass is 16.5. The molecule has 0 unspecified atom stereocenters. The number of anilines is 1. The third-order valence-electron chi connectivity index (χ3n) is 5.91. The zero-order valence-corrected chi connectivity index (χ0v) is 18.9. The second-order valence-corrected chi connectivity index (χ2v) is 7.89. The zero-order valence-electron chi connectivity index (χ0n) is 18.9. The first-order valence-corrected chi connectivity index (χ1v) is 10.8. The van der Waals surface area contributed by atoms with E-state index in [-0.39, 0.29) is 17.7 Å². The third-order valence-corrected chi connectivity index (χ3v) is 5.91. The molecule has 1 saturated heterocycles. The molecule has 1 aliphatic rings. The molecule has 9 heteroatoms. The van der Waals surface area contributed by atoms with Crippen molar-refractivity contribution in [2.45, 2.75) is 19.8 Å². The molecular formula is C24H27N5O4. The highest BCUT2D eigenvalue weighted by Gasteiger charge is 2.30. The number of rotatable bonds is 6. The molecule has 33 heavy (non-hydrogen) atoms. The molecule has 0 bridgehead atoms. The van der Waals surface area contributed by atoms with Crippen LogP contribution in [0.4, 0.5) is 5.69 Å². The molecule has 4 rings (SSSR count). The van der Waals surface area contributed by atoms with Crippen LogP contribution in [0.2, 0.25) is 0 Å². The quantitative estimate of drug-likeness (QED) is 0.621. The maximum Gasteiger partial charge on any atom is 0.276 e. The summed E-state index contributed by atoms with van der Waals surface area (Å²) in [6, 6.07) is 14.7. The van der Waals surface area contributed by atoms with Crippen LogP contribution in [0.25, 0.3) is 5.69 Å². The van der Waals surface area contributed by atoms with Gasteiger partial charge in [0.1, 0.15) is 11.5 Å². The van der Waals surface area contributed by atoms with Crippen molar-refractivity contribution in [2.75, 3.05) is 32.6 Å². The van der Waals surface area contributed by atoms with E-state index in [9.17, 15) is 9.59 Å². The molecule has 0 saturated carbocycles. The predicted octanol–water partition coefficient (Wildman–Crippen LogP) is 3.08. The molecule has 0 aliphatic carbocycles. The Hall–Kier alpha value is -3.88. The number of hydrogen-bond donors (Lipinski definition) is 1. The van der Waals surface area contributed by atoms with Gasteiger partial charge in [0.15, 0.2) is 5.69 Å². The number of benzene rings is 2. The van der Waals surface area contributed by atoms with Crippen LogP contribution in [0.15, 0.2) is 48.5 Å². The van der Waals surface area contributed by atoms with E-state index >= 15 is 0 Å². The van der Waals surface area contributed by atoms with Gasteiger partial charge < -0.3 is 19.7 Å². The molecule has 0 atom stereocenters. The lowest BCUT2D eigenvalue weighted by molar-refractivity contribution is -0.121. The minimum Gasteiger partial charge on any atom is -0.497 e. The van der Waals surface area contributed by atoms with E-state index in [0.717, 1.165) is 5.69 Å². The summed E-state index contributed by atoms with van der Waals surface area (Å²) in [5, 5.41) is 11.3. The second-order valence-electron chi connectivity index (χ2n) is 7.89. The molecule has 1 fully saturated rings. The summed E-state index contributed by atoms with van der Waals surface area (Å²) in [4.78, 5) is 27.6. The summed E-state index contributed by atoms with van der Waals surface area (Å²) < 4.78 is 12.2. The maximum atomic E-state index is 13.1. The molecular weight excluding hydrogens is 422 g/mol. The molecule has 1 N–H and O–H groups in total. The summed E-state index contributed by atoms with van der Waals surface area (Å²) in [5.41, 5.74) is 2.39. The molecule has 3 aromatic rings. The van der Waals surface area contributed by atoms with Crippen LogP contribution in [0.1, 0.15) is 29.0 Å². The predicted molar refractivity (Wildman–Crippen MR) is 123 cm³/mol. The van der Waals surface area contributed by atoms with E-state index in [1.54, 1.807) is 29.9 Å². The number of amides is 2. The highest BCUT2D eigenvalue weighted by molar-refractivity contribution is 5.95. The lowest BCUT2D eigenvalue weighted by Gasteiger charge is -2.31. The first-order chi connectivity index (χ1) is 16.0. The molecule has 0 radical (unpaired) electrons. The summed E-state index contributed by atoms with van der Waals surface area (Å²) in [5.74, 6) is 0.904. The number of nitrogens with one attached hydrogen (secondary N) is 1. The Morgan fingerprint density at radius 3 is 2.52 bits per heavy atom. The fourth-order valence-electron chi connectivity index (χ4n) is 3.99. The van der Waals surface area contributed by atoms with Crippen LogP contribution in [0.3, 0.4) is 0 Å². The number of para-hydroxylation sites is 2. The summed E-state index contributed by atoms with van der Waals surface area (Å²) in [6.45, 7) is 2.78. The zero-order chi connectivity index (χ0) is 23.4. The molecule has 2 aromatic carbocycles. The van der Waals surface area contributed by atoms with Gasteiger partial charge in [-0.3, -0.25) is 9.59 Å². The Kier molecular flexibility index (Phi) is 6.58. The molecule has 9 nitrogen and oxygen atoms in total. The van der Waals surface area contributed by atoms with E-state index in [1.807, 2.05) is 49.4 Å². The summed E-state index contributed by atoms with van der Waals surface area (Å²) >= 11 is 0. The number of methoxy groups -OCH3 is 2. The van der Waals surface area contributed by atoms with Crippen LogP contribution in [0.5, 0.6) is 11.5 Å². The van der Waals surface area contributed by atoms with Crippen LogP contribution in [-0.4, -0.2) is 59.0 Å². The van der Waals surface area contributed by atoms with E-state index in [4.69, 9.17) is 9.47 Å². The van der Waals surface area contributed by atoms with Crippen molar-refractivity contribution in [2.24, 2.45) is 5.92 Å². The molecule has 172 valence electrons. The van der Waals surface area contributed by atoms with Gasteiger partial charge in [-0.15, -0.1) is 5.10 Å². The number of hydrogen-bond acceptors (Lipinski definition) is 6. The lowest BCUT2D eigenvalue weighted by Crippen LogP contribution is -2.41. The van der Waals surface area contributed by atoms with Crippen LogP contribution in [0, 0.1) is 12.8 Å². The third kappa shape index (κ3) is 4.67. The summed E-state index contributed by atoms with van der Waals surface area (Å²) in [7, 11) is 3.17. The Morgan fingerprint density at radius 1 is 1.03 bits per heavy atom. The fraction of sp³-hybridized carbons (Fsp3) is 0.333. The average molecular weight is 450 g/mol. The van der Waals surface area contributed by atoms with Gasteiger partial charge in [-0.25, -0.2) is 4.68 Å². The van der Waals surface area contributed by atoms with Gasteiger partial charge >= 0.3 is 0 Å². The van der Waals surface area contributed by atoms with Crippen LogP contribution < -0.4 is 14.8 Å². The van der Waals surface area contributed by atoms with Gasteiger partial charge in [-0.2, -0.15) is 0 Å². The van der Waals surface area contributed by atoms with Crippen LogP contribution in [-0.2, 0) is 4.79 Å². The number of carbonyl (C=O) groups excluding carboxylic acids is 2. The molecule has 2 heterocycles. The molecule has 1 aliphatic heterocycles. The topological polar surface area (TPSA) is 98.6 Å². The molecule has 1 aromatic heterocycles. The van der Waals surface area contributed by atoms with Crippen molar-refractivity contribution in [3.8, 4) is 17.2 Å². The lowest BCUT2D eigenvalue weighted by atomic mass is 9.95. The molecule has 0 spiro atoms. The van der Waals surface area contributed by atoms with Gasteiger partial charge in [0.25, 0.3) is 5.91 Å². The largest absolute Gasteiger partial charge is 0.497 e. The summed E-state index contributed by atoms with van der Waals surface area (Å²) in [6.07, 6.45) is 1.16. The highest BCUT2D eigenvalue weighted by Crippen LogP contribution is 2.26. The first kappa shape index (κ1) is 22.3. The van der Waals surface area contributed by atoms with Gasteiger partial charge in [0.05, 0.1) is 31.3 Å². The standard InChI is InChI=1S/C24H27N5O4/c1-16-22(26-27-29(16)18-7-6-8-19(15-18)32-2)24(31)28-13-11-17(12-14-28)23(30)25-20-9-4-5-10-21(20)33-3/h4-10,15,17H,11-14H2,1-3H3,(H,25,30). The van der Waals surface area contributed by atoms with E-state index in [1.165, 1.54) is 0 Å². The smallest absolute Gasteiger partial charge is 0.276 e. The van der Waals surface area contributed by atoms with E-state index < -0.39 is 0 Å². The minimum atomic E-state index is -0.176. The normalized spacial score (nSPS) is 14.1. The number of ether oxygens (including phenoxy) is 2. The van der Waals surface area contributed by atoms with Crippen molar-refractivity contribution in [3.63, 3.8) is 0 Å². The number of piperidine rings is 1. The van der Waals surface area contributed by atoms with Crippen molar-refractivity contribution in [3.05, 3.63) is 59.9 Å². The number of carbonyl (C=O) groups is 2. The van der Waals surface area contributed by atoms with E-state index in [2.05, 4.69) is 15.6 Å². The first-order valence-electron chi connectivity index (χ1n) is 10.8. The van der Waals surface area contributed by atoms with E-state index in [0.29, 0.717) is 54.5 Å². The van der Waals surface area contributed by atoms with Crippen molar-refractivity contribution < 1.29 is 19.1 Å². The van der Waals surface area contributed by atoms with Gasteiger partial charge in [-0.1, -0.05) is 23.4 Å². The van der Waals surface area contributed by atoms with Crippen molar-refractivity contribution in [1.82, 2.24) is 19.9 Å². The van der Waals surface area contributed by atoms with Crippen molar-refractivity contribution >= 4 is 17.5 Å². The number of aromatic nitrogens is 3. The molecule has 2 amide bonds. The Morgan fingerprint density at radius 2 is 1.79 bits per heavy atom. The second kappa shape index (κ2) is 9.72.